The summed E-state index contributed by atoms with van der Waals surface area (Å²) in [7, 11) is 0. The molecule has 122 valence electrons. The standard InChI is InChI=1S/C17H26FN3O/c1-13(10-20-4-6-22-7-5-20)11-21-12-14-2-3-15(18)8-16(14)17(21)9-19/h2-3,8,13,17H,4-7,9-12,19H2,1H3. The molecule has 0 spiro atoms. The first-order chi connectivity index (χ1) is 10.7. The molecule has 0 aliphatic carbocycles. The Kier molecular flexibility index (Phi) is 5.08. The Morgan fingerprint density at radius 2 is 2.09 bits per heavy atom. The number of halogens is 1. The highest BCUT2D eigenvalue weighted by Crippen LogP contribution is 2.33. The Hall–Kier alpha value is -1.01. The molecular weight excluding hydrogens is 281 g/mol. The van der Waals surface area contributed by atoms with Crippen molar-refractivity contribution in [3.63, 3.8) is 0 Å². The van der Waals surface area contributed by atoms with Crippen molar-refractivity contribution in [3.8, 4) is 0 Å². The lowest BCUT2D eigenvalue weighted by molar-refractivity contribution is 0.0279. The molecule has 1 aromatic rings. The van der Waals surface area contributed by atoms with Gasteiger partial charge in [-0.1, -0.05) is 13.0 Å². The van der Waals surface area contributed by atoms with E-state index in [1.165, 1.54) is 5.56 Å². The molecule has 4 nitrogen and oxygen atoms in total. The molecule has 1 fully saturated rings. The van der Waals surface area contributed by atoms with E-state index in [9.17, 15) is 4.39 Å². The van der Waals surface area contributed by atoms with E-state index in [1.54, 1.807) is 12.1 Å². The highest BCUT2D eigenvalue weighted by atomic mass is 19.1. The summed E-state index contributed by atoms with van der Waals surface area (Å²) in [5.41, 5.74) is 8.25. The minimum atomic E-state index is -0.166. The summed E-state index contributed by atoms with van der Waals surface area (Å²) in [4.78, 5) is 4.86. The first-order valence-corrected chi connectivity index (χ1v) is 8.20. The molecule has 5 heteroatoms. The van der Waals surface area contributed by atoms with Crippen LogP contribution in [0.5, 0.6) is 0 Å². The van der Waals surface area contributed by atoms with Gasteiger partial charge in [0, 0.05) is 45.3 Å². The first kappa shape index (κ1) is 15.9. The van der Waals surface area contributed by atoms with Crippen molar-refractivity contribution in [1.82, 2.24) is 9.80 Å². The van der Waals surface area contributed by atoms with E-state index in [4.69, 9.17) is 10.5 Å². The number of rotatable bonds is 5. The smallest absolute Gasteiger partial charge is 0.123 e. The summed E-state index contributed by atoms with van der Waals surface area (Å²) in [6.45, 7) is 9.51. The summed E-state index contributed by atoms with van der Waals surface area (Å²) in [5, 5.41) is 0. The molecule has 22 heavy (non-hydrogen) atoms. The van der Waals surface area contributed by atoms with Gasteiger partial charge in [0.2, 0.25) is 0 Å². The third kappa shape index (κ3) is 3.49. The number of ether oxygens (including phenoxy) is 1. The van der Waals surface area contributed by atoms with Crippen molar-refractivity contribution in [2.24, 2.45) is 11.7 Å². The number of hydrogen-bond acceptors (Lipinski definition) is 4. The van der Waals surface area contributed by atoms with Gasteiger partial charge in [-0.15, -0.1) is 0 Å². The lowest BCUT2D eigenvalue weighted by atomic mass is 10.0. The van der Waals surface area contributed by atoms with Crippen LogP contribution in [-0.2, 0) is 11.3 Å². The molecule has 2 aliphatic rings. The average molecular weight is 307 g/mol. The van der Waals surface area contributed by atoms with Crippen molar-refractivity contribution in [2.75, 3.05) is 45.9 Å². The van der Waals surface area contributed by atoms with E-state index in [2.05, 4.69) is 16.7 Å². The van der Waals surface area contributed by atoms with E-state index in [0.29, 0.717) is 12.5 Å². The van der Waals surface area contributed by atoms with Gasteiger partial charge >= 0.3 is 0 Å². The molecule has 0 radical (unpaired) electrons. The Labute approximate surface area is 132 Å². The van der Waals surface area contributed by atoms with Crippen LogP contribution < -0.4 is 5.73 Å². The monoisotopic (exact) mass is 307 g/mol. The van der Waals surface area contributed by atoms with Crippen molar-refractivity contribution in [3.05, 3.63) is 35.1 Å². The van der Waals surface area contributed by atoms with E-state index in [-0.39, 0.29) is 11.9 Å². The second-order valence-electron chi connectivity index (χ2n) is 6.54. The summed E-state index contributed by atoms with van der Waals surface area (Å²) in [5.74, 6) is 0.395. The molecule has 1 aromatic carbocycles. The maximum Gasteiger partial charge on any atom is 0.123 e. The molecular formula is C17H26FN3O. The quantitative estimate of drug-likeness (QED) is 0.897. The van der Waals surface area contributed by atoms with E-state index in [1.807, 2.05) is 6.07 Å². The summed E-state index contributed by atoms with van der Waals surface area (Å²) < 4.78 is 18.9. The largest absolute Gasteiger partial charge is 0.379 e. The van der Waals surface area contributed by atoms with Crippen LogP contribution in [0.4, 0.5) is 4.39 Å². The van der Waals surface area contributed by atoms with Crippen LogP contribution in [0.2, 0.25) is 0 Å². The summed E-state index contributed by atoms with van der Waals surface area (Å²) >= 11 is 0. The highest BCUT2D eigenvalue weighted by Gasteiger charge is 2.30. The second-order valence-corrected chi connectivity index (χ2v) is 6.54. The van der Waals surface area contributed by atoms with Crippen LogP contribution in [0.25, 0.3) is 0 Å². The Balaban J connectivity index is 1.60. The Bertz CT molecular complexity index is 505. The van der Waals surface area contributed by atoms with Crippen LogP contribution in [0, 0.1) is 11.7 Å². The van der Waals surface area contributed by atoms with Crippen LogP contribution in [0.3, 0.4) is 0 Å². The molecule has 0 amide bonds. The molecule has 0 bridgehead atoms. The zero-order chi connectivity index (χ0) is 15.5. The number of morpholine rings is 1. The van der Waals surface area contributed by atoms with Crippen LogP contribution in [0.1, 0.15) is 24.1 Å². The Morgan fingerprint density at radius 3 is 2.82 bits per heavy atom. The van der Waals surface area contributed by atoms with E-state index < -0.39 is 0 Å². The zero-order valence-corrected chi connectivity index (χ0v) is 13.3. The average Bonchev–Trinajstić information content (AvgIpc) is 2.84. The maximum absolute atomic E-state index is 13.5. The van der Waals surface area contributed by atoms with Gasteiger partial charge in [-0.05, 0) is 29.2 Å². The number of fused-ring (bicyclic) bond motifs is 1. The highest BCUT2D eigenvalue weighted by molar-refractivity contribution is 5.35. The fraction of sp³-hybridized carbons (Fsp3) is 0.647. The zero-order valence-electron chi connectivity index (χ0n) is 13.3. The third-order valence-corrected chi connectivity index (χ3v) is 4.72. The van der Waals surface area contributed by atoms with Gasteiger partial charge in [0.25, 0.3) is 0 Å². The fourth-order valence-electron chi connectivity index (χ4n) is 3.70. The molecule has 3 rings (SSSR count). The van der Waals surface area contributed by atoms with Gasteiger partial charge in [-0.3, -0.25) is 9.80 Å². The third-order valence-electron chi connectivity index (χ3n) is 4.72. The molecule has 1 saturated heterocycles. The second kappa shape index (κ2) is 7.04. The number of hydrogen-bond donors (Lipinski definition) is 1. The van der Waals surface area contributed by atoms with Gasteiger partial charge in [-0.2, -0.15) is 0 Å². The van der Waals surface area contributed by atoms with E-state index >= 15 is 0 Å². The lowest BCUT2D eigenvalue weighted by Crippen LogP contribution is -2.41. The summed E-state index contributed by atoms with van der Waals surface area (Å²) in [6, 6.07) is 5.25. The minimum absolute atomic E-state index is 0.151. The molecule has 2 N–H and O–H groups in total. The van der Waals surface area contributed by atoms with Crippen molar-refractivity contribution in [2.45, 2.75) is 19.5 Å². The topological polar surface area (TPSA) is 41.7 Å². The van der Waals surface area contributed by atoms with Crippen molar-refractivity contribution < 1.29 is 9.13 Å². The van der Waals surface area contributed by atoms with Gasteiger partial charge < -0.3 is 10.5 Å². The molecule has 0 saturated carbocycles. The van der Waals surface area contributed by atoms with Gasteiger partial charge in [-0.25, -0.2) is 4.39 Å². The predicted octanol–water partition coefficient (Wildman–Crippen LogP) is 1.61. The number of nitrogens with zero attached hydrogens (tertiary/aromatic N) is 2. The normalized spacial score (nSPS) is 24.4. The SMILES string of the molecule is CC(CN1CCOCC1)CN1Cc2ccc(F)cc2C1CN. The predicted molar refractivity (Wildman–Crippen MR) is 85.0 cm³/mol. The summed E-state index contributed by atoms with van der Waals surface area (Å²) in [6.07, 6.45) is 0. The first-order valence-electron chi connectivity index (χ1n) is 8.20. The van der Waals surface area contributed by atoms with Gasteiger partial charge in [0.05, 0.1) is 13.2 Å². The number of benzene rings is 1. The molecule has 2 atom stereocenters. The fourth-order valence-corrected chi connectivity index (χ4v) is 3.70. The van der Waals surface area contributed by atoms with Crippen molar-refractivity contribution in [1.29, 1.82) is 0 Å². The Morgan fingerprint density at radius 1 is 1.32 bits per heavy atom. The maximum atomic E-state index is 13.5. The minimum Gasteiger partial charge on any atom is -0.379 e. The molecule has 2 aliphatic heterocycles. The van der Waals surface area contributed by atoms with Crippen molar-refractivity contribution >= 4 is 0 Å². The van der Waals surface area contributed by atoms with E-state index in [0.717, 1.165) is 51.5 Å². The van der Waals surface area contributed by atoms with Gasteiger partial charge in [0.1, 0.15) is 5.82 Å². The van der Waals surface area contributed by atoms with Crippen LogP contribution in [0.15, 0.2) is 18.2 Å². The van der Waals surface area contributed by atoms with Crippen LogP contribution >= 0.6 is 0 Å². The lowest BCUT2D eigenvalue weighted by Gasteiger charge is -2.32. The van der Waals surface area contributed by atoms with Crippen LogP contribution in [-0.4, -0.2) is 55.7 Å². The molecule has 0 aromatic heterocycles. The number of nitrogens with two attached hydrogens (primary N) is 1. The molecule has 2 unspecified atom stereocenters. The molecule has 2 heterocycles. The van der Waals surface area contributed by atoms with Gasteiger partial charge in [0.15, 0.2) is 0 Å².